The first-order valence-electron chi connectivity index (χ1n) is 10.8. The quantitative estimate of drug-likeness (QED) is 0.564. The number of ketones is 1. The molecule has 2 aliphatic carbocycles. The van der Waals surface area contributed by atoms with Gasteiger partial charge in [0.25, 0.3) is 0 Å². The Labute approximate surface area is 184 Å². The number of allylic oxidation sites excluding steroid dienone is 2. The van der Waals surface area contributed by atoms with E-state index in [1.165, 1.54) is 14.2 Å². The van der Waals surface area contributed by atoms with Gasteiger partial charge in [-0.15, -0.1) is 0 Å². The molecule has 8 heteroatoms. The topological polar surface area (TPSA) is 38.8 Å². The van der Waals surface area contributed by atoms with E-state index in [-0.39, 0.29) is 37.2 Å². The molecule has 1 saturated heterocycles. The first-order chi connectivity index (χ1) is 15.2. The Kier molecular flexibility index (Phi) is 6.34. The van der Waals surface area contributed by atoms with Crippen LogP contribution in [0, 0.1) is 5.92 Å². The number of piperidine rings is 1. The summed E-state index contributed by atoms with van der Waals surface area (Å²) in [5.74, 6) is -1.62. The molecule has 1 aromatic carbocycles. The molecule has 0 N–H and O–H groups in total. The molecule has 1 aliphatic heterocycles. The van der Waals surface area contributed by atoms with Crippen molar-refractivity contribution in [3.63, 3.8) is 0 Å². The second-order valence-corrected chi connectivity index (χ2v) is 8.89. The fourth-order valence-electron chi connectivity index (χ4n) is 4.97. The van der Waals surface area contributed by atoms with E-state index >= 15 is 4.39 Å². The van der Waals surface area contributed by atoms with Gasteiger partial charge in [0.2, 0.25) is 0 Å². The van der Waals surface area contributed by atoms with Crippen LogP contribution in [0.2, 0.25) is 0 Å². The molecule has 1 fully saturated rings. The lowest BCUT2D eigenvalue weighted by Crippen LogP contribution is -2.44. The fraction of sp³-hybridized carbons (Fsp3) is 0.542. The zero-order valence-electron chi connectivity index (χ0n) is 18.2. The Morgan fingerprint density at radius 2 is 1.75 bits per heavy atom. The molecule has 0 bridgehead atoms. The van der Waals surface area contributed by atoms with Crippen molar-refractivity contribution in [3.05, 3.63) is 46.6 Å². The summed E-state index contributed by atoms with van der Waals surface area (Å²) in [6.07, 6.45) is -0.0895. The predicted octanol–water partition coefficient (Wildman–Crippen LogP) is 5.07. The predicted molar refractivity (Wildman–Crippen MR) is 112 cm³/mol. The smallest absolute Gasteiger partial charge is 0.166 e. The number of alkyl halides is 2. The Morgan fingerprint density at radius 3 is 2.41 bits per heavy atom. The second kappa shape index (κ2) is 8.89. The van der Waals surface area contributed by atoms with Crippen molar-refractivity contribution in [1.82, 2.24) is 4.90 Å². The van der Waals surface area contributed by atoms with Gasteiger partial charge in [0.15, 0.2) is 23.1 Å². The normalized spacial score (nSPS) is 25.6. The maximum Gasteiger partial charge on any atom is 0.166 e. The molecule has 4 rings (SSSR count). The summed E-state index contributed by atoms with van der Waals surface area (Å²) in [6.45, 7) is 0.702. The molecule has 3 aliphatic rings. The van der Waals surface area contributed by atoms with Crippen LogP contribution in [0.25, 0.3) is 0 Å². The van der Waals surface area contributed by atoms with E-state index in [1.54, 1.807) is 17.0 Å². The van der Waals surface area contributed by atoms with Crippen LogP contribution in [0.15, 0.2) is 35.4 Å². The highest BCUT2D eigenvalue weighted by Crippen LogP contribution is 2.42. The van der Waals surface area contributed by atoms with Gasteiger partial charge in [-0.25, -0.2) is 17.6 Å². The van der Waals surface area contributed by atoms with Crippen molar-refractivity contribution in [3.8, 4) is 11.5 Å². The number of hydrogen-bond acceptors (Lipinski definition) is 4. The van der Waals surface area contributed by atoms with Crippen molar-refractivity contribution in [1.29, 1.82) is 0 Å². The van der Waals surface area contributed by atoms with Gasteiger partial charge < -0.3 is 9.47 Å². The van der Waals surface area contributed by atoms with Crippen LogP contribution in [0.1, 0.15) is 41.6 Å². The maximum absolute atomic E-state index is 15.6. The third kappa shape index (κ3) is 4.42. The summed E-state index contributed by atoms with van der Waals surface area (Å²) in [5.41, 5.74) is -0.163. The van der Waals surface area contributed by atoms with Gasteiger partial charge in [0.05, 0.1) is 14.2 Å². The summed E-state index contributed by atoms with van der Waals surface area (Å²) in [6, 6.07) is 3.43. The molecule has 174 valence electrons. The average Bonchev–Trinajstić information content (AvgIpc) is 3.06. The zero-order valence-corrected chi connectivity index (χ0v) is 18.2. The average molecular weight is 453 g/mol. The molecular formula is C24H27F4NO3. The first kappa shape index (κ1) is 22.8. The number of Topliss-reactive ketones (excluding diaryl/α,β-unsaturated/α-hetero) is 1. The molecule has 1 aromatic rings. The number of methoxy groups -OCH3 is 2. The monoisotopic (exact) mass is 453 g/mol. The minimum absolute atomic E-state index is 0.0167. The largest absolute Gasteiger partial charge is 0.493 e. The number of hydrogen-bond donors (Lipinski definition) is 0. The van der Waals surface area contributed by atoms with Crippen LogP contribution in [0.4, 0.5) is 17.6 Å². The summed E-state index contributed by atoms with van der Waals surface area (Å²) in [5, 5.41) is 0. The van der Waals surface area contributed by atoms with E-state index < -0.39 is 35.8 Å². The lowest BCUT2D eigenvalue weighted by atomic mass is 9.82. The van der Waals surface area contributed by atoms with Crippen molar-refractivity contribution < 1.29 is 31.8 Å². The van der Waals surface area contributed by atoms with E-state index in [9.17, 15) is 18.0 Å². The van der Waals surface area contributed by atoms with Gasteiger partial charge in [-0.2, -0.15) is 0 Å². The van der Waals surface area contributed by atoms with E-state index in [2.05, 4.69) is 0 Å². The first-order valence-corrected chi connectivity index (χ1v) is 10.8. The number of likely N-dealkylation sites (tertiary alicyclic amines) is 1. The fourth-order valence-corrected chi connectivity index (χ4v) is 4.97. The van der Waals surface area contributed by atoms with Gasteiger partial charge in [0.1, 0.15) is 17.7 Å². The molecule has 2 atom stereocenters. The Morgan fingerprint density at radius 1 is 1.09 bits per heavy atom. The van der Waals surface area contributed by atoms with Crippen molar-refractivity contribution in [2.75, 3.05) is 33.9 Å². The Hall–Kier alpha value is -2.35. The molecular weight excluding hydrogens is 426 g/mol. The lowest BCUT2D eigenvalue weighted by Gasteiger charge is -2.38. The maximum atomic E-state index is 15.6. The number of carbonyl (C=O) groups is 1. The SMILES string of the molecule is COc1cc2c(cc1OC)C(=O)C(CC1(F)CCN(CC3=CC(F)CC(F)=C3F)CC1)C2. The molecule has 2 unspecified atom stereocenters. The summed E-state index contributed by atoms with van der Waals surface area (Å²) >= 11 is 0. The second-order valence-electron chi connectivity index (χ2n) is 8.89. The Bertz CT molecular complexity index is 966. The Balaban J connectivity index is 1.38. The summed E-state index contributed by atoms with van der Waals surface area (Å²) < 4.78 is 67.3. The van der Waals surface area contributed by atoms with Crippen LogP contribution < -0.4 is 9.47 Å². The van der Waals surface area contributed by atoms with Crippen molar-refractivity contribution in [2.45, 2.75) is 43.9 Å². The number of ether oxygens (including phenoxy) is 2. The summed E-state index contributed by atoms with van der Waals surface area (Å²) in [7, 11) is 3.02. The van der Waals surface area contributed by atoms with Gasteiger partial charge in [-0.3, -0.25) is 9.69 Å². The van der Waals surface area contributed by atoms with Crippen molar-refractivity contribution in [2.24, 2.45) is 5.92 Å². The number of benzene rings is 1. The number of carbonyl (C=O) groups excluding carboxylic acids is 1. The molecule has 4 nitrogen and oxygen atoms in total. The van der Waals surface area contributed by atoms with Crippen LogP contribution >= 0.6 is 0 Å². The van der Waals surface area contributed by atoms with Crippen LogP contribution in [0.5, 0.6) is 11.5 Å². The highest BCUT2D eigenvalue weighted by atomic mass is 19.2. The van der Waals surface area contributed by atoms with E-state index in [4.69, 9.17) is 9.47 Å². The highest BCUT2D eigenvalue weighted by Gasteiger charge is 2.42. The van der Waals surface area contributed by atoms with Crippen LogP contribution in [0.3, 0.4) is 0 Å². The third-order valence-electron chi connectivity index (χ3n) is 6.75. The van der Waals surface area contributed by atoms with Gasteiger partial charge in [-0.05, 0) is 49.5 Å². The van der Waals surface area contributed by atoms with E-state index in [1.807, 2.05) is 0 Å². The molecule has 32 heavy (non-hydrogen) atoms. The van der Waals surface area contributed by atoms with Crippen LogP contribution in [-0.4, -0.2) is 56.4 Å². The molecule has 0 amide bonds. The van der Waals surface area contributed by atoms with E-state index in [0.717, 1.165) is 11.6 Å². The minimum atomic E-state index is -1.54. The van der Waals surface area contributed by atoms with Gasteiger partial charge in [0, 0.05) is 43.1 Å². The lowest BCUT2D eigenvalue weighted by molar-refractivity contribution is 0.0387. The minimum Gasteiger partial charge on any atom is -0.493 e. The summed E-state index contributed by atoms with van der Waals surface area (Å²) in [4.78, 5) is 14.7. The molecule has 0 aromatic heterocycles. The van der Waals surface area contributed by atoms with Crippen LogP contribution in [-0.2, 0) is 6.42 Å². The standard InChI is InChI=1S/C24H27F4NO3/c1-31-20-9-14-7-15(23(30)18(14)11-21(20)32-2)12-24(28)3-5-29(6-4-24)13-16-8-17(25)10-19(26)22(16)27/h8-9,11,15,17H,3-7,10,12-13H2,1-2H3. The molecule has 0 radical (unpaired) electrons. The third-order valence-corrected chi connectivity index (χ3v) is 6.75. The van der Waals surface area contributed by atoms with Crippen molar-refractivity contribution >= 4 is 5.78 Å². The molecule has 1 heterocycles. The van der Waals surface area contributed by atoms with Gasteiger partial charge >= 0.3 is 0 Å². The molecule has 0 spiro atoms. The number of fused-ring (bicyclic) bond motifs is 1. The zero-order chi connectivity index (χ0) is 23.0. The highest BCUT2D eigenvalue weighted by molar-refractivity contribution is 6.03. The molecule has 0 saturated carbocycles. The number of rotatable bonds is 6. The number of halogens is 4. The number of nitrogens with zero attached hydrogens (tertiary/aromatic N) is 1. The van der Waals surface area contributed by atoms with Gasteiger partial charge in [-0.1, -0.05) is 0 Å². The van der Waals surface area contributed by atoms with E-state index in [0.29, 0.717) is 36.6 Å².